The lowest BCUT2D eigenvalue weighted by atomic mass is 10.1. The molecule has 1 aromatic rings. The van der Waals surface area contributed by atoms with Gasteiger partial charge in [-0.3, -0.25) is 14.4 Å². The number of piperazine rings is 1. The predicted octanol–water partition coefficient (Wildman–Crippen LogP) is 1.50. The molecule has 134 valence electrons. The molecule has 0 aliphatic carbocycles. The van der Waals surface area contributed by atoms with Gasteiger partial charge in [-0.05, 0) is 43.9 Å². The summed E-state index contributed by atoms with van der Waals surface area (Å²) in [6.45, 7) is 5.63. The summed E-state index contributed by atoms with van der Waals surface area (Å²) in [5, 5.41) is 0. The molecule has 2 fully saturated rings. The van der Waals surface area contributed by atoms with Crippen molar-refractivity contribution < 1.29 is 14.4 Å². The van der Waals surface area contributed by atoms with Crippen LogP contribution in [0.3, 0.4) is 0 Å². The summed E-state index contributed by atoms with van der Waals surface area (Å²) >= 11 is 0. The normalized spacial score (nSPS) is 18.7. The van der Waals surface area contributed by atoms with Gasteiger partial charge in [-0.2, -0.15) is 0 Å². The van der Waals surface area contributed by atoms with E-state index >= 15 is 0 Å². The number of likely N-dealkylation sites (N-methyl/N-ethyl adjacent to an activating group) is 1. The number of benzene rings is 1. The van der Waals surface area contributed by atoms with Crippen molar-refractivity contribution >= 4 is 17.7 Å². The second-order valence-electron chi connectivity index (χ2n) is 6.66. The molecule has 6 heteroatoms. The van der Waals surface area contributed by atoms with Crippen molar-refractivity contribution in [3.63, 3.8) is 0 Å². The quantitative estimate of drug-likeness (QED) is 0.779. The first-order valence-corrected chi connectivity index (χ1v) is 9.06. The van der Waals surface area contributed by atoms with E-state index < -0.39 is 11.8 Å². The Labute approximate surface area is 148 Å². The van der Waals surface area contributed by atoms with Crippen LogP contribution in [0.15, 0.2) is 24.3 Å². The van der Waals surface area contributed by atoms with Gasteiger partial charge in [0.25, 0.3) is 5.91 Å². The van der Waals surface area contributed by atoms with E-state index in [1.165, 1.54) is 6.42 Å². The molecule has 2 aliphatic rings. The summed E-state index contributed by atoms with van der Waals surface area (Å²) < 4.78 is 0. The van der Waals surface area contributed by atoms with Crippen LogP contribution in [0.1, 0.15) is 42.1 Å². The molecule has 2 saturated heterocycles. The number of nitrogens with zero attached hydrogens (tertiary/aromatic N) is 3. The largest absolute Gasteiger partial charge is 0.339 e. The summed E-state index contributed by atoms with van der Waals surface area (Å²) in [6, 6.07) is 7.39. The molecule has 25 heavy (non-hydrogen) atoms. The maximum absolute atomic E-state index is 12.5. The van der Waals surface area contributed by atoms with Gasteiger partial charge in [0.15, 0.2) is 0 Å². The summed E-state index contributed by atoms with van der Waals surface area (Å²) in [5.74, 6) is -0.790. The Bertz CT molecular complexity index is 650. The number of piperidine rings is 1. The Balaban J connectivity index is 1.62. The van der Waals surface area contributed by atoms with E-state index in [9.17, 15) is 14.4 Å². The minimum atomic E-state index is -0.443. The first kappa shape index (κ1) is 17.5. The van der Waals surface area contributed by atoms with Crippen LogP contribution in [0, 0.1) is 0 Å². The van der Waals surface area contributed by atoms with Crippen molar-refractivity contribution in [2.75, 3.05) is 32.7 Å². The Kier molecular flexibility index (Phi) is 5.36. The second-order valence-corrected chi connectivity index (χ2v) is 6.66. The van der Waals surface area contributed by atoms with Gasteiger partial charge in [-0.15, -0.1) is 0 Å². The van der Waals surface area contributed by atoms with Gasteiger partial charge in [0.05, 0.1) is 0 Å². The topological polar surface area (TPSA) is 60.9 Å². The van der Waals surface area contributed by atoms with Crippen LogP contribution < -0.4 is 0 Å². The molecule has 3 amide bonds. The fourth-order valence-electron chi connectivity index (χ4n) is 3.42. The summed E-state index contributed by atoms with van der Waals surface area (Å²) in [4.78, 5) is 41.6. The molecule has 2 heterocycles. The monoisotopic (exact) mass is 343 g/mol. The fraction of sp³-hybridized carbons (Fsp3) is 0.526. The van der Waals surface area contributed by atoms with Crippen molar-refractivity contribution in [1.82, 2.24) is 14.7 Å². The van der Waals surface area contributed by atoms with Crippen molar-refractivity contribution in [2.45, 2.75) is 32.7 Å². The summed E-state index contributed by atoms with van der Waals surface area (Å²) in [7, 11) is 0. The average Bonchev–Trinajstić information content (AvgIpc) is 2.66. The predicted molar refractivity (Wildman–Crippen MR) is 93.9 cm³/mol. The number of amides is 3. The number of carbonyl (C=O) groups excluding carboxylic acids is 3. The Morgan fingerprint density at radius 2 is 1.48 bits per heavy atom. The Morgan fingerprint density at radius 1 is 0.880 bits per heavy atom. The first-order chi connectivity index (χ1) is 12.1. The second kappa shape index (κ2) is 7.68. The van der Waals surface area contributed by atoms with Crippen LogP contribution in [-0.2, 0) is 16.1 Å². The van der Waals surface area contributed by atoms with E-state index in [1.54, 1.807) is 9.80 Å². The zero-order chi connectivity index (χ0) is 17.8. The molecular weight excluding hydrogens is 318 g/mol. The third kappa shape index (κ3) is 3.83. The summed E-state index contributed by atoms with van der Waals surface area (Å²) in [6.07, 6.45) is 3.34. The lowest BCUT2D eigenvalue weighted by Gasteiger charge is -2.33. The van der Waals surface area contributed by atoms with Gasteiger partial charge < -0.3 is 14.7 Å². The number of rotatable bonds is 4. The van der Waals surface area contributed by atoms with Crippen LogP contribution in [0.5, 0.6) is 0 Å². The lowest BCUT2D eigenvalue weighted by molar-refractivity contribution is -0.156. The molecule has 0 N–H and O–H groups in total. The fourth-order valence-corrected chi connectivity index (χ4v) is 3.42. The maximum atomic E-state index is 12.5. The highest BCUT2D eigenvalue weighted by atomic mass is 16.2. The Hall–Kier alpha value is -2.37. The zero-order valence-electron chi connectivity index (χ0n) is 14.7. The molecule has 0 aromatic heterocycles. The van der Waals surface area contributed by atoms with E-state index in [0.29, 0.717) is 31.7 Å². The smallest absolute Gasteiger partial charge is 0.312 e. The molecule has 2 aliphatic heterocycles. The highest BCUT2D eigenvalue weighted by Gasteiger charge is 2.31. The van der Waals surface area contributed by atoms with Crippen molar-refractivity contribution in [2.24, 2.45) is 0 Å². The lowest BCUT2D eigenvalue weighted by Crippen LogP contribution is -2.53. The summed E-state index contributed by atoms with van der Waals surface area (Å²) in [5.41, 5.74) is 1.62. The van der Waals surface area contributed by atoms with Gasteiger partial charge in [0, 0.05) is 44.8 Å². The number of hydrogen-bond donors (Lipinski definition) is 0. The van der Waals surface area contributed by atoms with E-state index in [-0.39, 0.29) is 5.91 Å². The van der Waals surface area contributed by atoms with E-state index in [4.69, 9.17) is 0 Å². The highest BCUT2D eigenvalue weighted by Crippen LogP contribution is 2.15. The van der Waals surface area contributed by atoms with Gasteiger partial charge in [-0.25, -0.2) is 0 Å². The van der Waals surface area contributed by atoms with Crippen molar-refractivity contribution in [1.29, 1.82) is 0 Å². The third-order valence-corrected chi connectivity index (χ3v) is 5.00. The number of hydrogen-bond acceptors (Lipinski definition) is 3. The van der Waals surface area contributed by atoms with E-state index in [1.807, 2.05) is 36.1 Å². The van der Waals surface area contributed by atoms with Gasteiger partial charge in [0.1, 0.15) is 0 Å². The van der Waals surface area contributed by atoms with Crippen molar-refractivity contribution in [3.05, 3.63) is 35.4 Å². The van der Waals surface area contributed by atoms with Crippen LogP contribution in [0.25, 0.3) is 0 Å². The van der Waals surface area contributed by atoms with E-state index in [2.05, 4.69) is 0 Å². The first-order valence-electron chi connectivity index (χ1n) is 9.06. The molecule has 3 rings (SSSR count). The maximum Gasteiger partial charge on any atom is 0.312 e. The number of likely N-dealkylation sites (tertiary alicyclic amines) is 1. The molecule has 0 bridgehead atoms. The number of carbonyl (C=O) groups is 3. The third-order valence-electron chi connectivity index (χ3n) is 5.00. The minimum Gasteiger partial charge on any atom is -0.339 e. The molecule has 0 saturated carbocycles. The van der Waals surface area contributed by atoms with E-state index in [0.717, 1.165) is 31.5 Å². The molecule has 1 aromatic carbocycles. The van der Waals surface area contributed by atoms with Crippen LogP contribution in [0.2, 0.25) is 0 Å². The highest BCUT2D eigenvalue weighted by molar-refractivity contribution is 6.35. The minimum absolute atomic E-state index is 0.0778. The van der Waals surface area contributed by atoms with Crippen molar-refractivity contribution in [3.8, 4) is 0 Å². The van der Waals surface area contributed by atoms with Crippen LogP contribution in [0.4, 0.5) is 0 Å². The Morgan fingerprint density at radius 3 is 2.12 bits per heavy atom. The molecule has 6 nitrogen and oxygen atoms in total. The zero-order valence-corrected chi connectivity index (χ0v) is 14.7. The van der Waals surface area contributed by atoms with Gasteiger partial charge in [0.2, 0.25) is 0 Å². The molecule has 0 radical (unpaired) electrons. The van der Waals surface area contributed by atoms with Gasteiger partial charge >= 0.3 is 11.8 Å². The van der Waals surface area contributed by atoms with Crippen LogP contribution >= 0.6 is 0 Å². The molecule has 0 spiro atoms. The SMILES string of the molecule is CCN1CCN(Cc2ccc(C(=O)N3CCCCC3)cc2)C(=O)C1=O. The molecule has 0 atom stereocenters. The average molecular weight is 343 g/mol. The standard InChI is InChI=1S/C19H25N3O3/c1-2-20-12-13-22(19(25)18(20)24)14-15-6-8-16(9-7-15)17(23)21-10-4-3-5-11-21/h6-9H,2-5,10-14H2,1H3. The van der Waals surface area contributed by atoms with Gasteiger partial charge in [-0.1, -0.05) is 12.1 Å². The van der Waals surface area contributed by atoms with Crippen LogP contribution in [-0.4, -0.2) is 65.1 Å². The molecule has 0 unspecified atom stereocenters. The molecular formula is C19H25N3O3.